The van der Waals surface area contributed by atoms with Gasteiger partial charge in [-0.1, -0.05) is 60.1 Å². The zero-order valence-corrected chi connectivity index (χ0v) is 17.9. The Bertz CT molecular complexity index is 1440. The highest BCUT2D eigenvalue weighted by molar-refractivity contribution is 6.52. The lowest BCUT2D eigenvalue weighted by Crippen LogP contribution is -2.29. The van der Waals surface area contributed by atoms with Crippen LogP contribution in [0.3, 0.4) is 0 Å². The summed E-state index contributed by atoms with van der Waals surface area (Å²) in [4.78, 5) is 31.8. The molecule has 1 amide bonds. The number of phenols is 1. The molecule has 2 heterocycles. The number of phenolic OH excluding ortho intramolecular Hbond substituents is 1. The van der Waals surface area contributed by atoms with Crippen molar-refractivity contribution in [2.45, 2.75) is 6.04 Å². The number of aromatic hydroxyl groups is 1. The van der Waals surface area contributed by atoms with Crippen LogP contribution in [-0.4, -0.2) is 26.9 Å². The molecule has 1 fully saturated rings. The highest BCUT2D eigenvalue weighted by Gasteiger charge is 2.48. The number of amides is 1. The predicted octanol–water partition coefficient (Wildman–Crippen LogP) is 5.22. The second-order valence-electron chi connectivity index (χ2n) is 7.62. The minimum absolute atomic E-state index is 0.0652. The number of carbonyl (C=O) groups is 2. The Morgan fingerprint density at radius 1 is 0.970 bits per heavy atom. The number of aliphatic hydroxyl groups excluding tert-OH is 1. The van der Waals surface area contributed by atoms with E-state index in [1.165, 1.54) is 24.4 Å². The number of aromatic nitrogens is 1. The van der Waals surface area contributed by atoms with Crippen LogP contribution in [0.1, 0.15) is 17.2 Å². The van der Waals surface area contributed by atoms with E-state index in [-0.39, 0.29) is 27.8 Å². The lowest BCUT2D eigenvalue weighted by Gasteiger charge is -2.26. The third-order valence-electron chi connectivity index (χ3n) is 5.69. The summed E-state index contributed by atoms with van der Waals surface area (Å²) < 4.78 is 0. The number of carbonyl (C=O) groups excluding carboxylic acids is 2. The number of anilines is 1. The summed E-state index contributed by atoms with van der Waals surface area (Å²) in [5.41, 5.74) is 0.896. The van der Waals surface area contributed by atoms with Gasteiger partial charge in [0.15, 0.2) is 0 Å². The average Bonchev–Trinajstić information content (AvgIpc) is 3.10. The number of benzene rings is 3. The van der Waals surface area contributed by atoms with Gasteiger partial charge in [0.1, 0.15) is 11.5 Å². The third kappa shape index (κ3) is 3.41. The largest absolute Gasteiger partial charge is 0.507 e. The second-order valence-corrected chi connectivity index (χ2v) is 8.05. The van der Waals surface area contributed by atoms with E-state index in [1.807, 2.05) is 30.3 Å². The summed E-state index contributed by atoms with van der Waals surface area (Å²) >= 11 is 6.13. The number of rotatable bonds is 3. The topological polar surface area (TPSA) is 90.7 Å². The van der Waals surface area contributed by atoms with Crippen molar-refractivity contribution >= 4 is 45.5 Å². The standard InChI is InChI=1S/C26H17ClN2O4/c27-17-10-11-21(30)20(13-17)29-23(16-7-4-12-28-14-16)22(25(32)26(29)33)24(31)19-9-3-6-15-5-1-2-8-18(15)19/h1-14,23,30-31H/b24-22-. The van der Waals surface area contributed by atoms with Crippen LogP contribution >= 0.6 is 11.6 Å². The van der Waals surface area contributed by atoms with Crippen LogP contribution in [-0.2, 0) is 9.59 Å². The van der Waals surface area contributed by atoms with Crippen molar-refractivity contribution in [2.24, 2.45) is 0 Å². The van der Waals surface area contributed by atoms with Crippen LogP contribution in [0, 0.1) is 0 Å². The lowest BCUT2D eigenvalue weighted by atomic mass is 9.94. The molecule has 0 bridgehead atoms. The lowest BCUT2D eigenvalue weighted by molar-refractivity contribution is -0.132. The van der Waals surface area contributed by atoms with E-state index in [1.54, 1.807) is 30.5 Å². The first-order valence-electron chi connectivity index (χ1n) is 10.1. The number of pyridine rings is 1. The normalized spacial score (nSPS) is 17.6. The molecule has 4 aromatic rings. The number of hydrogen-bond acceptors (Lipinski definition) is 5. The average molecular weight is 457 g/mol. The fraction of sp³-hybridized carbons (Fsp3) is 0.0385. The Morgan fingerprint density at radius 3 is 2.55 bits per heavy atom. The fourth-order valence-electron chi connectivity index (χ4n) is 4.20. The minimum atomic E-state index is -1.01. The number of halogens is 1. The molecular formula is C26H17ClN2O4. The van der Waals surface area contributed by atoms with E-state index in [9.17, 15) is 19.8 Å². The molecule has 0 radical (unpaired) electrons. The third-order valence-corrected chi connectivity index (χ3v) is 5.92. The van der Waals surface area contributed by atoms with Gasteiger partial charge >= 0.3 is 0 Å². The van der Waals surface area contributed by atoms with Gasteiger partial charge in [0, 0.05) is 23.0 Å². The van der Waals surface area contributed by atoms with Crippen LogP contribution in [0.25, 0.3) is 16.5 Å². The maximum atomic E-state index is 13.3. The zero-order valence-electron chi connectivity index (χ0n) is 17.1. The smallest absolute Gasteiger partial charge is 0.300 e. The van der Waals surface area contributed by atoms with E-state index < -0.39 is 17.7 Å². The summed E-state index contributed by atoms with van der Waals surface area (Å²) in [5, 5.41) is 23.8. The van der Waals surface area contributed by atoms with Crippen molar-refractivity contribution < 1.29 is 19.8 Å². The summed E-state index contributed by atoms with van der Waals surface area (Å²) in [6, 6.07) is 19.4. The Kier molecular flexibility index (Phi) is 5.07. The van der Waals surface area contributed by atoms with E-state index >= 15 is 0 Å². The first kappa shape index (κ1) is 20.7. The Labute approximate surface area is 194 Å². The highest BCUT2D eigenvalue weighted by atomic mass is 35.5. The van der Waals surface area contributed by atoms with E-state index in [0.29, 0.717) is 11.1 Å². The molecule has 1 aromatic heterocycles. The first-order valence-corrected chi connectivity index (χ1v) is 10.5. The van der Waals surface area contributed by atoms with Crippen molar-refractivity contribution in [2.75, 3.05) is 4.90 Å². The fourth-order valence-corrected chi connectivity index (χ4v) is 4.37. The molecule has 2 N–H and O–H groups in total. The monoisotopic (exact) mass is 456 g/mol. The maximum Gasteiger partial charge on any atom is 0.300 e. The molecule has 1 unspecified atom stereocenters. The van der Waals surface area contributed by atoms with Crippen molar-refractivity contribution in [3.05, 3.63) is 107 Å². The van der Waals surface area contributed by atoms with E-state index in [2.05, 4.69) is 4.98 Å². The summed E-state index contributed by atoms with van der Waals surface area (Å²) in [7, 11) is 0. The van der Waals surface area contributed by atoms with Crippen LogP contribution in [0.4, 0.5) is 5.69 Å². The molecule has 33 heavy (non-hydrogen) atoms. The zero-order chi connectivity index (χ0) is 23.1. The molecule has 1 aliphatic heterocycles. The van der Waals surface area contributed by atoms with Crippen molar-refractivity contribution in [1.29, 1.82) is 0 Å². The number of aliphatic hydroxyl groups is 1. The van der Waals surface area contributed by atoms with E-state index in [0.717, 1.165) is 15.7 Å². The molecule has 3 aromatic carbocycles. The maximum absolute atomic E-state index is 13.3. The molecule has 1 atom stereocenters. The molecule has 7 heteroatoms. The predicted molar refractivity (Wildman–Crippen MR) is 126 cm³/mol. The summed E-state index contributed by atoms with van der Waals surface area (Å²) in [6.45, 7) is 0. The van der Waals surface area contributed by atoms with Gasteiger partial charge in [-0.05, 0) is 40.6 Å². The molecule has 0 saturated carbocycles. The number of fused-ring (bicyclic) bond motifs is 1. The molecule has 0 aliphatic carbocycles. The number of hydrogen-bond donors (Lipinski definition) is 2. The van der Waals surface area contributed by atoms with Crippen molar-refractivity contribution in [3.63, 3.8) is 0 Å². The quantitative estimate of drug-likeness (QED) is 0.250. The van der Waals surface area contributed by atoms with Gasteiger partial charge in [-0.15, -0.1) is 0 Å². The van der Waals surface area contributed by atoms with Gasteiger partial charge in [-0.2, -0.15) is 0 Å². The molecule has 5 rings (SSSR count). The van der Waals surface area contributed by atoms with Gasteiger partial charge in [0.05, 0.1) is 17.3 Å². The van der Waals surface area contributed by atoms with Crippen molar-refractivity contribution in [3.8, 4) is 5.75 Å². The van der Waals surface area contributed by atoms with Gasteiger partial charge < -0.3 is 10.2 Å². The van der Waals surface area contributed by atoms with Crippen LogP contribution < -0.4 is 4.90 Å². The molecule has 1 saturated heterocycles. The Balaban J connectivity index is 1.80. The number of nitrogens with zero attached hydrogens (tertiary/aromatic N) is 2. The number of ketones is 1. The molecule has 6 nitrogen and oxygen atoms in total. The Morgan fingerprint density at radius 2 is 1.76 bits per heavy atom. The van der Waals surface area contributed by atoms with E-state index in [4.69, 9.17) is 11.6 Å². The van der Waals surface area contributed by atoms with Crippen LogP contribution in [0.15, 0.2) is 90.8 Å². The Hall–Kier alpha value is -4.16. The van der Waals surface area contributed by atoms with Gasteiger partial charge in [-0.3, -0.25) is 19.5 Å². The van der Waals surface area contributed by atoms with Gasteiger partial charge in [0.25, 0.3) is 11.7 Å². The first-order chi connectivity index (χ1) is 16.0. The van der Waals surface area contributed by atoms with Gasteiger partial charge in [0.2, 0.25) is 0 Å². The minimum Gasteiger partial charge on any atom is -0.507 e. The van der Waals surface area contributed by atoms with Crippen molar-refractivity contribution in [1.82, 2.24) is 4.98 Å². The summed E-state index contributed by atoms with van der Waals surface area (Å²) in [5.74, 6) is -2.28. The number of Topliss-reactive ketones (excluding diaryl/α,β-unsaturated/α-hetero) is 1. The molecule has 162 valence electrons. The SMILES string of the molecule is O=C1C(=O)N(c2cc(Cl)ccc2O)C(c2cccnc2)/C1=C(/O)c1cccc2ccccc12. The molecule has 0 spiro atoms. The second kappa shape index (κ2) is 8.07. The molecular weight excluding hydrogens is 440 g/mol. The molecule has 1 aliphatic rings. The van der Waals surface area contributed by atoms with Crippen LogP contribution in [0.5, 0.6) is 5.75 Å². The van der Waals surface area contributed by atoms with Crippen LogP contribution in [0.2, 0.25) is 5.02 Å². The van der Waals surface area contributed by atoms with Gasteiger partial charge in [-0.25, -0.2) is 0 Å². The highest BCUT2D eigenvalue weighted by Crippen LogP contribution is 2.45. The summed E-state index contributed by atoms with van der Waals surface area (Å²) in [6.07, 6.45) is 3.08.